The summed E-state index contributed by atoms with van der Waals surface area (Å²) >= 11 is 0. The van der Waals surface area contributed by atoms with Crippen molar-refractivity contribution in [1.29, 1.82) is 0 Å². The highest BCUT2D eigenvalue weighted by molar-refractivity contribution is 5.79. The van der Waals surface area contributed by atoms with Crippen LogP contribution in [-0.2, 0) is 20.8 Å². The van der Waals surface area contributed by atoms with Crippen LogP contribution >= 0.6 is 0 Å². The number of carboxylic acids is 1. The molecule has 2 aromatic carbocycles. The molecule has 3 rings (SSSR count). The largest absolute Gasteiger partial charge is 0.480 e. The number of primary amides is 1. The van der Waals surface area contributed by atoms with Gasteiger partial charge in [0.1, 0.15) is 5.54 Å². The number of piperidine rings is 1. The van der Waals surface area contributed by atoms with Crippen molar-refractivity contribution in [2.45, 2.75) is 91.3 Å². The fourth-order valence-electron chi connectivity index (χ4n) is 5.07. The van der Waals surface area contributed by atoms with Gasteiger partial charge in [0, 0.05) is 43.0 Å². The van der Waals surface area contributed by atoms with E-state index in [9.17, 15) is 14.7 Å². The molecular weight excluding hydrogens is 642 g/mol. The van der Waals surface area contributed by atoms with Crippen LogP contribution in [0, 0.1) is 18.8 Å². The number of benzene rings is 2. The van der Waals surface area contributed by atoms with Crippen LogP contribution in [0.25, 0.3) is 0 Å². The molecule has 0 bridgehead atoms. The normalized spacial score (nSPS) is 14.2. The lowest BCUT2D eigenvalue weighted by Crippen LogP contribution is -2.55. The summed E-state index contributed by atoms with van der Waals surface area (Å²) in [4.78, 5) is 34.4. The molecule has 0 aromatic heterocycles. The standard InChI is InChI=1S/C28H46N6O3.C7H8.C4H10.CH3NO/c1-20(2)31-14-8-11-24(22(4)34-15-12-28(30,13-16-34)27(36)37)19-32-21(3)25(33-26(35)18-29)17-23-9-6-5-7-10-23;1-7-5-3-2-4-6-7;1-4(2)3;2-1-3/h5-7,9-10,20,24-25,31-32H,3-4,8,11-19,29-30H2,1-2H3,(H,33,35)(H,36,37);2-6H,1H3;4H,1-3H3;1H,(H2,2,3). The predicted molar refractivity (Wildman–Crippen MR) is 211 cm³/mol. The van der Waals surface area contributed by atoms with Gasteiger partial charge in [-0.25, -0.2) is 0 Å². The molecule has 2 amide bonds. The second kappa shape index (κ2) is 26.6. The highest BCUT2D eigenvalue weighted by atomic mass is 16.4. The van der Waals surface area contributed by atoms with Gasteiger partial charge in [0.2, 0.25) is 12.3 Å². The summed E-state index contributed by atoms with van der Waals surface area (Å²) in [6, 6.07) is 20.3. The lowest BCUT2D eigenvalue weighted by Gasteiger charge is -2.40. The van der Waals surface area contributed by atoms with Gasteiger partial charge in [-0.15, -0.1) is 0 Å². The van der Waals surface area contributed by atoms with E-state index >= 15 is 0 Å². The molecule has 1 aliphatic heterocycles. The summed E-state index contributed by atoms with van der Waals surface area (Å²) in [7, 11) is 0. The third kappa shape index (κ3) is 21.6. The number of carbonyl (C=O) groups is 3. The maximum absolute atomic E-state index is 12.1. The Labute approximate surface area is 307 Å². The van der Waals surface area contributed by atoms with E-state index < -0.39 is 11.5 Å². The number of likely N-dealkylation sites (tertiary alicyclic amines) is 1. The van der Waals surface area contributed by atoms with E-state index in [0.29, 0.717) is 50.6 Å². The molecule has 1 fully saturated rings. The summed E-state index contributed by atoms with van der Waals surface area (Å²) in [5.41, 5.74) is 18.7. The molecule has 10 N–H and O–H groups in total. The number of nitrogens with two attached hydrogens (primary N) is 3. The van der Waals surface area contributed by atoms with Crippen molar-refractivity contribution in [3.05, 3.63) is 96.3 Å². The van der Waals surface area contributed by atoms with Crippen molar-refractivity contribution in [2.75, 3.05) is 32.7 Å². The summed E-state index contributed by atoms with van der Waals surface area (Å²) in [5, 5.41) is 19.4. The van der Waals surface area contributed by atoms with E-state index in [1.54, 1.807) is 0 Å². The fraction of sp³-hybridized carbons (Fsp3) is 0.525. The molecule has 0 radical (unpaired) electrons. The quantitative estimate of drug-likeness (QED) is 0.0984. The van der Waals surface area contributed by atoms with E-state index in [2.05, 4.69) is 93.4 Å². The minimum absolute atomic E-state index is 0.0885. The Morgan fingerprint density at radius 1 is 0.980 bits per heavy atom. The summed E-state index contributed by atoms with van der Waals surface area (Å²) in [5.74, 6) is -0.235. The number of rotatable bonds is 16. The van der Waals surface area contributed by atoms with Crippen molar-refractivity contribution in [1.82, 2.24) is 20.9 Å². The van der Waals surface area contributed by atoms with Gasteiger partial charge in [-0.1, -0.05) is 114 Å². The Hall–Kier alpha value is -4.19. The van der Waals surface area contributed by atoms with E-state index in [-0.39, 0.29) is 30.8 Å². The Bertz CT molecular complexity index is 1260. The van der Waals surface area contributed by atoms with Crippen LogP contribution in [0.4, 0.5) is 0 Å². The predicted octanol–water partition coefficient (Wildman–Crippen LogP) is 4.32. The molecule has 0 saturated carbocycles. The summed E-state index contributed by atoms with van der Waals surface area (Å²) in [6.45, 7) is 24.0. The maximum atomic E-state index is 12.1. The lowest BCUT2D eigenvalue weighted by molar-refractivity contribution is -0.145. The second-order valence-corrected chi connectivity index (χ2v) is 13.8. The second-order valence-electron chi connectivity index (χ2n) is 13.8. The lowest BCUT2D eigenvalue weighted by atomic mass is 9.87. The SMILES string of the molecule is C=C(NCC(CCCNC(C)C)C(=C)N1CCC(N)(C(=O)O)CC1)C(Cc1ccccc1)NC(=O)CN.CC(C)C.Cc1ccccc1.NC=O. The monoisotopic (exact) mass is 710 g/mol. The number of nitrogens with one attached hydrogen (secondary N) is 3. The van der Waals surface area contributed by atoms with Crippen LogP contribution in [0.5, 0.6) is 0 Å². The first-order valence-electron chi connectivity index (χ1n) is 17.9. The fourth-order valence-corrected chi connectivity index (χ4v) is 5.07. The van der Waals surface area contributed by atoms with Gasteiger partial charge in [-0.05, 0) is 57.1 Å². The Kier molecular flexibility index (Phi) is 24.4. The topological polar surface area (TPSA) is 189 Å². The molecule has 0 aliphatic carbocycles. The first-order chi connectivity index (χ1) is 24.1. The van der Waals surface area contributed by atoms with Crippen LogP contribution in [0.15, 0.2) is 85.2 Å². The molecule has 0 spiro atoms. The van der Waals surface area contributed by atoms with Crippen molar-refractivity contribution >= 4 is 18.3 Å². The first-order valence-corrected chi connectivity index (χ1v) is 17.9. The molecule has 51 heavy (non-hydrogen) atoms. The van der Waals surface area contributed by atoms with E-state index in [1.165, 1.54) is 5.56 Å². The number of carbonyl (C=O) groups excluding carboxylic acids is 2. The van der Waals surface area contributed by atoms with Crippen molar-refractivity contribution < 1.29 is 19.5 Å². The van der Waals surface area contributed by atoms with E-state index in [4.69, 9.17) is 16.3 Å². The molecular formula is C40H67N7O4. The van der Waals surface area contributed by atoms with Crippen LogP contribution in [0.1, 0.15) is 71.4 Å². The van der Waals surface area contributed by atoms with Crippen LogP contribution in [-0.4, -0.2) is 78.6 Å². The highest BCUT2D eigenvalue weighted by Crippen LogP contribution is 2.27. The van der Waals surface area contributed by atoms with Gasteiger partial charge in [0.25, 0.3) is 0 Å². The number of amides is 2. The average Bonchev–Trinajstić information content (AvgIpc) is 3.08. The van der Waals surface area contributed by atoms with Gasteiger partial charge < -0.3 is 43.2 Å². The number of hydrogen-bond acceptors (Lipinski definition) is 8. The van der Waals surface area contributed by atoms with Gasteiger partial charge in [0.15, 0.2) is 0 Å². The molecule has 286 valence electrons. The first kappa shape index (κ1) is 46.8. The molecule has 1 aliphatic rings. The average molecular weight is 710 g/mol. The Morgan fingerprint density at radius 3 is 1.92 bits per heavy atom. The number of nitrogens with zero attached hydrogens (tertiary/aromatic N) is 1. The molecule has 11 heteroatoms. The van der Waals surface area contributed by atoms with Gasteiger partial charge >= 0.3 is 5.97 Å². The summed E-state index contributed by atoms with van der Waals surface area (Å²) < 4.78 is 0. The van der Waals surface area contributed by atoms with E-state index in [1.807, 2.05) is 48.5 Å². The zero-order chi connectivity index (χ0) is 38.8. The third-order valence-corrected chi connectivity index (χ3v) is 7.98. The van der Waals surface area contributed by atoms with Crippen LogP contribution in [0.2, 0.25) is 0 Å². The maximum Gasteiger partial charge on any atom is 0.323 e. The molecule has 2 unspecified atom stereocenters. The van der Waals surface area contributed by atoms with Gasteiger partial charge in [-0.3, -0.25) is 14.4 Å². The van der Waals surface area contributed by atoms with Crippen LogP contribution in [0.3, 0.4) is 0 Å². The number of aryl methyl sites for hydroxylation is 1. The number of carboxylic acid groups (broad SMARTS) is 1. The molecule has 1 heterocycles. The van der Waals surface area contributed by atoms with E-state index in [0.717, 1.165) is 36.6 Å². The molecule has 11 nitrogen and oxygen atoms in total. The van der Waals surface area contributed by atoms with Crippen molar-refractivity contribution in [2.24, 2.45) is 29.0 Å². The van der Waals surface area contributed by atoms with Gasteiger partial charge in [0.05, 0.1) is 12.6 Å². The third-order valence-electron chi connectivity index (χ3n) is 7.98. The summed E-state index contributed by atoms with van der Waals surface area (Å²) in [6.07, 6.45) is 3.49. The zero-order valence-corrected chi connectivity index (χ0v) is 32.0. The zero-order valence-electron chi connectivity index (χ0n) is 32.0. The smallest absolute Gasteiger partial charge is 0.323 e. The van der Waals surface area contributed by atoms with Crippen LogP contribution < -0.4 is 33.2 Å². The molecule has 1 saturated heterocycles. The molecule has 2 atom stereocenters. The number of hydrogen-bond donors (Lipinski definition) is 7. The Balaban J connectivity index is 0.00000149. The van der Waals surface area contributed by atoms with Crippen molar-refractivity contribution in [3.8, 4) is 0 Å². The minimum Gasteiger partial charge on any atom is -0.480 e. The molecule has 2 aromatic rings. The van der Waals surface area contributed by atoms with Crippen molar-refractivity contribution in [3.63, 3.8) is 0 Å². The number of aliphatic carboxylic acids is 1. The van der Waals surface area contributed by atoms with Gasteiger partial charge in [-0.2, -0.15) is 0 Å². The minimum atomic E-state index is -1.17. The Morgan fingerprint density at radius 2 is 1.49 bits per heavy atom. The highest BCUT2D eigenvalue weighted by Gasteiger charge is 2.38.